The van der Waals surface area contributed by atoms with E-state index in [1.54, 1.807) is 11.9 Å². The van der Waals surface area contributed by atoms with E-state index in [1.807, 2.05) is 45.0 Å². The SMILES string of the molecule is CN(Cc1ccccc1Br)C(=O)CCNC(=O)[C@@H](N)C(C)(C)C.Cl. The molecule has 0 radical (unpaired) electrons. The maximum atomic E-state index is 12.1. The fourth-order valence-corrected chi connectivity index (χ4v) is 2.37. The first-order chi connectivity index (χ1) is 10.6. The van der Waals surface area contributed by atoms with Gasteiger partial charge in [0, 0.05) is 31.0 Å². The number of benzene rings is 1. The lowest BCUT2D eigenvalue weighted by Gasteiger charge is -2.26. The molecule has 0 bridgehead atoms. The first-order valence-corrected chi connectivity index (χ1v) is 8.43. The minimum atomic E-state index is -0.587. The highest BCUT2D eigenvalue weighted by molar-refractivity contribution is 9.10. The van der Waals surface area contributed by atoms with Crippen molar-refractivity contribution in [2.75, 3.05) is 13.6 Å². The monoisotopic (exact) mass is 419 g/mol. The molecule has 1 atom stereocenters. The van der Waals surface area contributed by atoms with Gasteiger partial charge in [-0.3, -0.25) is 9.59 Å². The molecule has 24 heavy (non-hydrogen) atoms. The Morgan fingerprint density at radius 3 is 2.42 bits per heavy atom. The summed E-state index contributed by atoms with van der Waals surface area (Å²) in [7, 11) is 1.75. The second-order valence-electron chi connectivity index (χ2n) is 6.73. The van der Waals surface area contributed by atoms with E-state index in [9.17, 15) is 9.59 Å². The van der Waals surface area contributed by atoms with Gasteiger partial charge in [-0.1, -0.05) is 54.9 Å². The molecule has 0 aromatic heterocycles. The molecule has 0 unspecified atom stereocenters. The first-order valence-electron chi connectivity index (χ1n) is 7.63. The maximum absolute atomic E-state index is 12.1. The van der Waals surface area contributed by atoms with Crippen LogP contribution in [0.3, 0.4) is 0 Å². The van der Waals surface area contributed by atoms with Gasteiger partial charge in [0.25, 0.3) is 0 Å². The van der Waals surface area contributed by atoms with Gasteiger partial charge in [0.15, 0.2) is 0 Å². The summed E-state index contributed by atoms with van der Waals surface area (Å²) in [5, 5.41) is 2.73. The van der Waals surface area contributed by atoms with Crippen molar-refractivity contribution in [3.8, 4) is 0 Å². The number of carbonyl (C=O) groups excluding carboxylic acids is 2. The molecule has 3 N–H and O–H groups in total. The second kappa shape index (κ2) is 10.0. The standard InChI is InChI=1S/C17H26BrN3O2.ClH/c1-17(2,3)15(19)16(23)20-10-9-14(22)21(4)11-12-7-5-6-8-13(12)18;/h5-8,15H,9-11,19H2,1-4H3,(H,20,23);1H/t15-;/m1./s1. The van der Waals surface area contributed by atoms with Crippen LogP contribution >= 0.6 is 28.3 Å². The topological polar surface area (TPSA) is 75.4 Å². The first kappa shape index (κ1) is 22.9. The van der Waals surface area contributed by atoms with Crippen molar-refractivity contribution in [2.24, 2.45) is 11.1 Å². The number of carbonyl (C=O) groups is 2. The van der Waals surface area contributed by atoms with Crippen LogP contribution < -0.4 is 11.1 Å². The predicted octanol–water partition coefficient (Wildman–Crippen LogP) is 2.71. The number of hydrogen-bond donors (Lipinski definition) is 2. The third-order valence-electron chi connectivity index (χ3n) is 3.64. The van der Waals surface area contributed by atoms with Gasteiger partial charge in [-0.15, -0.1) is 12.4 Å². The zero-order chi connectivity index (χ0) is 17.6. The van der Waals surface area contributed by atoms with E-state index in [4.69, 9.17) is 5.73 Å². The van der Waals surface area contributed by atoms with Crippen LogP contribution in [-0.4, -0.2) is 36.3 Å². The van der Waals surface area contributed by atoms with Crippen LogP contribution in [0.1, 0.15) is 32.8 Å². The third kappa shape index (κ3) is 7.20. The number of nitrogens with one attached hydrogen (secondary N) is 1. The molecule has 0 fully saturated rings. The van der Waals surface area contributed by atoms with E-state index in [0.29, 0.717) is 13.1 Å². The Morgan fingerprint density at radius 1 is 1.29 bits per heavy atom. The number of amides is 2. The molecule has 0 aliphatic heterocycles. The molecule has 0 heterocycles. The molecule has 2 amide bonds. The van der Waals surface area contributed by atoms with E-state index in [0.717, 1.165) is 10.0 Å². The van der Waals surface area contributed by atoms with Crippen LogP contribution in [0.15, 0.2) is 28.7 Å². The summed E-state index contributed by atoms with van der Waals surface area (Å²) in [5.74, 6) is -0.246. The fourth-order valence-electron chi connectivity index (χ4n) is 1.96. The van der Waals surface area contributed by atoms with Crippen LogP contribution in [0.2, 0.25) is 0 Å². The second-order valence-corrected chi connectivity index (χ2v) is 7.58. The largest absolute Gasteiger partial charge is 0.354 e. The lowest BCUT2D eigenvalue weighted by molar-refractivity contribution is -0.130. The summed E-state index contributed by atoms with van der Waals surface area (Å²) in [5.41, 5.74) is 6.62. The molecule has 7 heteroatoms. The molecular formula is C17H27BrClN3O2. The van der Waals surface area contributed by atoms with Crippen LogP contribution in [0.4, 0.5) is 0 Å². The van der Waals surface area contributed by atoms with Crippen LogP contribution in [0, 0.1) is 5.41 Å². The van der Waals surface area contributed by atoms with Gasteiger partial charge < -0.3 is 16.0 Å². The Bertz CT molecular complexity index is 561. The van der Waals surface area contributed by atoms with Crippen LogP contribution in [0.5, 0.6) is 0 Å². The molecule has 1 rings (SSSR count). The van der Waals surface area contributed by atoms with Gasteiger partial charge in [-0.25, -0.2) is 0 Å². The predicted molar refractivity (Wildman–Crippen MR) is 103 cm³/mol. The normalized spacial score (nSPS) is 12.1. The zero-order valence-corrected chi connectivity index (χ0v) is 17.0. The highest BCUT2D eigenvalue weighted by atomic mass is 79.9. The maximum Gasteiger partial charge on any atom is 0.237 e. The van der Waals surface area contributed by atoms with E-state index in [1.165, 1.54) is 0 Å². The number of nitrogens with zero attached hydrogens (tertiary/aromatic N) is 1. The van der Waals surface area contributed by atoms with E-state index in [-0.39, 0.29) is 36.1 Å². The minimum Gasteiger partial charge on any atom is -0.354 e. The van der Waals surface area contributed by atoms with Crippen molar-refractivity contribution in [1.29, 1.82) is 0 Å². The van der Waals surface area contributed by atoms with Crippen molar-refractivity contribution in [2.45, 2.75) is 39.8 Å². The molecule has 1 aromatic carbocycles. The van der Waals surface area contributed by atoms with Crippen LogP contribution in [0.25, 0.3) is 0 Å². The van der Waals surface area contributed by atoms with Gasteiger partial charge in [0.05, 0.1) is 6.04 Å². The van der Waals surface area contributed by atoms with E-state index in [2.05, 4.69) is 21.2 Å². The van der Waals surface area contributed by atoms with E-state index >= 15 is 0 Å². The summed E-state index contributed by atoms with van der Waals surface area (Å²) < 4.78 is 0.976. The quantitative estimate of drug-likeness (QED) is 0.743. The number of nitrogens with two attached hydrogens (primary N) is 1. The Kier molecular flexibility index (Phi) is 9.55. The average molecular weight is 421 g/mol. The highest BCUT2D eigenvalue weighted by Gasteiger charge is 2.27. The summed E-state index contributed by atoms with van der Waals surface area (Å²) in [4.78, 5) is 25.7. The van der Waals surface area contributed by atoms with Crippen LogP contribution in [-0.2, 0) is 16.1 Å². The number of rotatable bonds is 6. The Hall–Kier alpha value is -1.11. The van der Waals surface area contributed by atoms with Gasteiger partial charge in [0.1, 0.15) is 0 Å². The summed E-state index contributed by atoms with van der Waals surface area (Å²) >= 11 is 3.47. The molecule has 0 aliphatic carbocycles. The van der Waals surface area contributed by atoms with Gasteiger partial charge in [0.2, 0.25) is 11.8 Å². The highest BCUT2D eigenvalue weighted by Crippen LogP contribution is 2.18. The Morgan fingerprint density at radius 2 is 1.88 bits per heavy atom. The summed E-state index contributed by atoms with van der Waals surface area (Å²) in [6.07, 6.45) is 0.254. The fraction of sp³-hybridized carbons (Fsp3) is 0.529. The minimum absolute atomic E-state index is 0. The lowest BCUT2D eigenvalue weighted by atomic mass is 9.87. The molecule has 0 spiro atoms. The average Bonchev–Trinajstić information content (AvgIpc) is 2.47. The number of halogens is 2. The summed E-state index contributed by atoms with van der Waals surface area (Å²) in [6.45, 7) is 6.55. The summed E-state index contributed by atoms with van der Waals surface area (Å²) in [6, 6.07) is 7.20. The Balaban J connectivity index is 0.00000529. The van der Waals surface area contributed by atoms with Gasteiger partial charge in [-0.05, 0) is 17.0 Å². The molecule has 5 nitrogen and oxygen atoms in total. The molecular weight excluding hydrogens is 394 g/mol. The van der Waals surface area contributed by atoms with Gasteiger partial charge in [-0.2, -0.15) is 0 Å². The van der Waals surface area contributed by atoms with Crippen molar-refractivity contribution < 1.29 is 9.59 Å². The molecule has 0 saturated heterocycles. The molecule has 1 aromatic rings. The van der Waals surface area contributed by atoms with Crippen molar-refractivity contribution in [3.63, 3.8) is 0 Å². The van der Waals surface area contributed by atoms with E-state index < -0.39 is 6.04 Å². The Labute approximate surface area is 158 Å². The lowest BCUT2D eigenvalue weighted by Crippen LogP contribution is -2.49. The molecule has 136 valence electrons. The van der Waals surface area contributed by atoms with Gasteiger partial charge >= 0.3 is 0 Å². The third-order valence-corrected chi connectivity index (χ3v) is 4.42. The van der Waals surface area contributed by atoms with Crippen molar-refractivity contribution in [3.05, 3.63) is 34.3 Å². The smallest absolute Gasteiger partial charge is 0.237 e. The zero-order valence-electron chi connectivity index (χ0n) is 14.6. The number of hydrogen-bond acceptors (Lipinski definition) is 3. The van der Waals surface area contributed by atoms with Crippen molar-refractivity contribution >= 4 is 40.2 Å². The molecule has 0 saturated carbocycles. The van der Waals surface area contributed by atoms with Crippen molar-refractivity contribution in [1.82, 2.24) is 10.2 Å². The molecule has 0 aliphatic rings.